The summed E-state index contributed by atoms with van der Waals surface area (Å²) in [6, 6.07) is 57.7. The van der Waals surface area contributed by atoms with Gasteiger partial charge in [-0.05, 0) is 98.5 Å². The van der Waals surface area contributed by atoms with Gasteiger partial charge >= 0.3 is 0 Å². The van der Waals surface area contributed by atoms with Crippen LogP contribution in [0, 0.1) is 25.7 Å². The van der Waals surface area contributed by atoms with Crippen molar-refractivity contribution in [1.29, 1.82) is 0 Å². The molecule has 1 aliphatic carbocycles. The molecule has 2 aromatic heterocycles. The van der Waals surface area contributed by atoms with Gasteiger partial charge in [0.1, 0.15) is 23.0 Å². The monoisotopic (exact) mass is 836 g/mol. The van der Waals surface area contributed by atoms with Gasteiger partial charge in [-0.2, -0.15) is 0 Å². The highest BCUT2D eigenvalue weighted by atomic mass is 16.5. The molecule has 10 aromatic rings. The highest BCUT2D eigenvalue weighted by Crippen LogP contribution is 2.45. The van der Waals surface area contributed by atoms with Crippen LogP contribution in [-0.4, -0.2) is 32.6 Å². The van der Waals surface area contributed by atoms with Gasteiger partial charge in [0, 0.05) is 55.6 Å². The molecule has 64 heavy (non-hydrogen) atoms. The molecule has 0 amide bonds. The van der Waals surface area contributed by atoms with Gasteiger partial charge in [-0.15, -0.1) is 0 Å². The molecule has 2 atom stereocenters. The number of fused-ring (bicyclic) bond motifs is 6. The SMILES string of the molecule is Cc1cc(-c2ccccc2OCC2CC=CCC2COc2ccccc2-c2cc(C)cc(-n3c4ccccc4c4ccccc43)c2O)c(O)c(-n2c3ccccc3c3ccccc32)c1. The highest BCUT2D eigenvalue weighted by Gasteiger charge is 2.27. The van der Waals surface area contributed by atoms with Crippen molar-refractivity contribution in [3.8, 4) is 56.6 Å². The van der Waals surface area contributed by atoms with Gasteiger partial charge in [-0.1, -0.05) is 121 Å². The Hall–Kier alpha value is -7.70. The Bertz CT molecular complexity index is 3090. The van der Waals surface area contributed by atoms with Gasteiger partial charge in [0.05, 0.1) is 46.7 Å². The number of nitrogens with zero attached hydrogens (tertiary/aromatic N) is 2. The summed E-state index contributed by atoms with van der Waals surface area (Å²) in [6.07, 6.45) is 6.23. The molecular weight excluding hydrogens is 789 g/mol. The first-order valence-corrected chi connectivity index (χ1v) is 22.2. The van der Waals surface area contributed by atoms with Crippen molar-refractivity contribution < 1.29 is 19.7 Å². The number of hydrogen-bond acceptors (Lipinski definition) is 4. The summed E-state index contributed by atoms with van der Waals surface area (Å²) in [5, 5.41) is 28.9. The lowest BCUT2D eigenvalue weighted by molar-refractivity contribution is 0.139. The molecular formula is C58H48N2O4. The predicted molar refractivity (Wildman–Crippen MR) is 262 cm³/mol. The third-order valence-corrected chi connectivity index (χ3v) is 13.1. The molecule has 0 bridgehead atoms. The van der Waals surface area contributed by atoms with Gasteiger partial charge in [0.2, 0.25) is 0 Å². The Morgan fingerprint density at radius 1 is 0.422 bits per heavy atom. The molecule has 6 heteroatoms. The molecule has 1 aliphatic rings. The highest BCUT2D eigenvalue weighted by molar-refractivity contribution is 6.10. The number of aryl methyl sites for hydroxylation is 2. The van der Waals surface area contributed by atoms with Crippen LogP contribution in [0.5, 0.6) is 23.0 Å². The Morgan fingerprint density at radius 3 is 1.12 bits per heavy atom. The average Bonchev–Trinajstić information content (AvgIpc) is 3.85. The molecule has 11 rings (SSSR count). The fraction of sp³-hybridized carbons (Fsp3) is 0.138. The molecule has 314 valence electrons. The van der Waals surface area contributed by atoms with Crippen molar-refractivity contribution in [2.45, 2.75) is 26.7 Å². The van der Waals surface area contributed by atoms with E-state index in [4.69, 9.17) is 9.47 Å². The third kappa shape index (κ3) is 6.74. The maximum Gasteiger partial charge on any atom is 0.147 e. The fourth-order valence-electron chi connectivity index (χ4n) is 9.99. The minimum atomic E-state index is 0.193. The summed E-state index contributed by atoms with van der Waals surface area (Å²) in [6.45, 7) is 5.13. The normalized spacial score (nSPS) is 15.1. The van der Waals surface area contributed by atoms with Crippen molar-refractivity contribution in [2.75, 3.05) is 13.2 Å². The molecule has 6 nitrogen and oxygen atoms in total. The summed E-state index contributed by atoms with van der Waals surface area (Å²) in [5.74, 6) is 2.26. The zero-order chi connectivity index (χ0) is 43.3. The van der Waals surface area contributed by atoms with Crippen molar-refractivity contribution in [1.82, 2.24) is 9.13 Å². The van der Waals surface area contributed by atoms with Crippen molar-refractivity contribution in [2.24, 2.45) is 11.8 Å². The Balaban J connectivity index is 0.869. The minimum Gasteiger partial charge on any atom is -0.505 e. The Labute approximate surface area is 372 Å². The molecule has 8 aromatic carbocycles. The number of allylic oxidation sites excluding steroid dienone is 2. The summed E-state index contributed by atoms with van der Waals surface area (Å²) in [4.78, 5) is 0. The molecule has 0 saturated carbocycles. The molecule has 0 radical (unpaired) electrons. The van der Waals surface area contributed by atoms with Crippen molar-refractivity contribution >= 4 is 43.6 Å². The van der Waals surface area contributed by atoms with E-state index < -0.39 is 0 Å². The smallest absolute Gasteiger partial charge is 0.147 e. The lowest BCUT2D eigenvalue weighted by Gasteiger charge is -2.29. The molecule has 0 fully saturated rings. The fourth-order valence-corrected chi connectivity index (χ4v) is 9.99. The summed E-state index contributed by atoms with van der Waals surface area (Å²) in [5.41, 5.74) is 10.9. The predicted octanol–water partition coefficient (Wildman–Crippen LogP) is 14.3. The number of ether oxygens (including phenoxy) is 2. The van der Waals surface area contributed by atoms with E-state index in [1.807, 2.05) is 84.9 Å². The summed E-state index contributed by atoms with van der Waals surface area (Å²) >= 11 is 0. The Kier molecular flexibility index (Phi) is 9.92. The number of aromatic hydroxyl groups is 2. The molecule has 0 saturated heterocycles. The second kappa shape index (κ2) is 16.2. The largest absolute Gasteiger partial charge is 0.505 e. The van der Waals surface area contributed by atoms with Crippen LogP contribution in [0.4, 0.5) is 0 Å². The summed E-state index contributed by atoms with van der Waals surface area (Å²) in [7, 11) is 0. The van der Waals surface area contributed by atoms with Crippen LogP contribution >= 0.6 is 0 Å². The number of aromatic nitrogens is 2. The lowest BCUT2D eigenvalue weighted by Crippen LogP contribution is -2.28. The van der Waals surface area contributed by atoms with Crippen LogP contribution in [-0.2, 0) is 0 Å². The number of benzene rings is 8. The number of hydrogen-bond donors (Lipinski definition) is 2. The van der Waals surface area contributed by atoms with Gasteiger partial charge in [-0.25, -0.2) is 0 Å². The first-order chi connectivity index (χ1) is 31.4. The van der Waals surface area contributed by atoms with Gasteiger partial charge in [0.15, 0.2) is 0 Å². The van der Waals surface area contributed by atoms with E-state index in [0.717, 1.165) is 113 Å². The number of rotatable bonds is 10. The first-order valence-electron chi connectivity index (χ1n) is 22.2. The van der Waals surface area contributed by atoms with Gasteiger partial charge in [-0.3, -0.25) is 0 Å². The zero-order valence-corrected chi connectivity index (χ0v) is 35.9. The average molecular weight is 837 g/mol. The second-order valence-corrected chi connectivity index (χ2v) is 17.2. The van der Waals surface area contributed by atoms with Gasteiger partial charge < -0.3 is 28.8 Å². The molecule has 0 spiro atoms. The standard InChI is InChI=1S/C58H48N2O4/c1-37-31-47(57(61)53(33-37)59-49-25-11-5-19-41(49)42-20-6-12-26-50(42)59)45-23-9-15-29-55(45)63-35-39-17-3-4-18-40(39)36-64-56-30-16-10-24-46(56)48-32-38(2)34-54(58(48)62)60-51-27-13-7-21-43(51)44-22-8-14-28-52(44)60/h3-16,19-34,39-40,61-62H,17-18,35-36H2,1-2H3. The van der Waals surface area contributed by atoms with E-state index >= 15 is 0 Å². The van der Waals surface area contributed by atoms with E-state index in [2.05, 4.69) is 120 Å². The van der Waals surface area contributed by atoms with E-state index in [9.17, 15) is 10.2 Å². The number of phenolic OH excluding ortho intramolecular Hbond substituents is 2. The van der Waals surface area contributed by atoms with Crippen LogP contribution < -0.4 is 9.47 Å². The van der Waals surface area contributed by atoms with Gasteiger partial charge in [0.25, 0.3) is 0 Å². The minimum absolute atomic E-state index is 0.193. The third-order valence-electron chi connectivity index (χ3n) is 13.1. The zero-order valence-electron chi connectivity index (χ0n) is 35.9. The lowest BCUT2D eigenvalue weighted by atomic mass is 9.84. The van der Waals surface area contributed by atoms with Crippen LogP contribution in [0.2, 0.25) is 0 Å². The second-order valence-electron chi connectivity index (χ2n) is 17.2. The van der Waals surface area contributed by atoms with E-state index in [-0.39, 0.29) is 23.3 Å². The maximum absolute atomic E-state index is 12.2. The maximum atomic E-state index is 12.2. The first kappa shape index (κ1) is 39.2. The van der Waals surface area contributed by atoms with Crippen LogP contribution in [0.25, 0.3) is 77.2 Å². The van der Waals surface area contributed by atoms with Crippen molar-refractivity contribution in [3.05, 3.63) is 193 Å². The quantitative estimate of drug-likeness (QED) is 0.135. The number of para-hydroxylation sites is 6. The van der Waals surface area contributed by atoms with Crippen molar-refractivity contribution in [3.63, 3.8) is 0 Å². The molecule has 2 unspecified atom stereocenters. The Morgan fingerprint density at radius 2 is 0.750 bits per heavy atom. The van der Waals surface area contributed by atoms with Crippen LogP contribution in [0.1, 0.15) is 24.0 Å². The van der Waals surface area contributed by atoms with E-state index in [0.29, 0.717) is 13.2 Å². The number of phenols is 2. The topological polar surface area (TPSA) is 68.8 Å². The summed E-state index contributed by atoms with van der Waals surface area (Å²) < 4.78 is 17.9. The molecule has 0 aliphatic heterocycles. The van der Waals surface area contributed by atoms with Crippen LogP contribution in [0.15, 0.2) is 182 Å². The van der Waals surface area contributed by atoms with E-state index in [1.54, 1.807) is 0 Å². The van der Waals surface area contributed by atoms with E-state index in [1.165, 1.54) is 0 Å². The molecule has 2 N–H and O–H groups in total. The molecule has 2 heterocycles. The van der Waals surface area contributed by atoms with Crippen LogP contribution in [0.3, 0.4) is 0 Å².